The van der Waals surface area contributed by atoms with Crippen LogP contribution in [0.25, 0.3) is 0 Å². The third-order valence-corrected chi connectivity index (χ3v) is 4.55. The number of hydrogen-bond acceptors (Lipinski definition) is 2. The molecule has 1 heterocycles. The summed E-state index contributed by atoms with van der Waals surface area (Å²) in [6.07, 6.45) is 2.70. The summed E-state index contributed by atoms with van der Waals surface area (Å²) >= 11 is 0. The van der Waals surface area contributed by atoms with Crippen LogP contribution in [0.4, 0.5) is 0 Å². The number of amides is 1. The number of rotatable bonds is 5. The summed E-state index contributed by atoms with van der Waals surface area (Å²) in [4.78, 5) is 14.4. The maximum absolute atomic E-state index is 12.5. The van der Waals surface area contributed by atoms with E-state index in [1.165, 1.54) is 0 Å². The van der Waals surface area contributed by atoms with Crippen molar-refractivity contribution in [3.8, 4) is 0 Å². The number of nitrogens with zero attached hydrogens (tertiary/aromatic N) is 1. The topological polar surface area (TPSA) is 40.5 Å². The van der Waals surface area contributed by atoms with Crippen LogP contribution in [0.3, 0.4) is 0 Å². The zero-order chi connectivity index (χ0) is 13.9. The quantitative estimate of drug-likeness (QED) is 0.884. The average Bonchev–Trinajstić information content (AvgIpc) is 2.48. The van der Waals surface area contributed by atoms with Crippen molar-refractivity contribution in [3.63, 3.8) is 0 Å². The molecule has 0 saturated heterocycles. The van der Waals surface area contributed by atoms with Gasteiger partial charge < -0.3 is 10.0 Å². The molecule has 1 amide bonds. The minimum absolute atomic E-state index is 0.113. The van der Waals surface area contributed by atoms with E-state index in [1.807, 2.05) is 29.2 Å². The first-order chi connectivity index (χ1) is 9.15. The van der Waals surface area contributed by atoms with Gasteiger partial charge in [-0.25, -0.2) is 0 Å². The van der Waals surface area contributed by atoms with Gasteiger partial charge in [-0.05, 0) is 30.9 Å². The second-order valence-electron chi connectivity index (χ2n) is 5.50. The van der Waals surface area contributed by atoms with Gasteiger partial charge in [0.15, 0.2) is 0 Å². The summed E-state index contributed by atoms with van der Waals surface area (Å²) in [5, 5.41) is 9.65. The second-order valence-corrected chi connectivity index (χ2v) is 5.50. The van der Waals surface area contributed by atoms with Crippen molar-refractivity contribution in [3.05, 3.63) is 35.4 Å². The van der Waals surface area contributed by atoms with Crippen LogP contribution in [0.1, 0.15) is 42.6 Å². The fourth-order valence-electron chi connectivity index (χ4n) is 2.78. The van der Waals surface area contributed by atoms with E-state index < -0.39 is 0 Å². The molecule has 0 atom stereocenters. The average molecular weight is 261 g/mol. The number of aliphatic hydroxyl groups excluding tert-OH is 1. The number of fused-ring (bicyclic) bond motifs is 1. The standard InChI is InChI=1S/C16H23NO2/c1-3-16(4-2,12-18)11-17-10-9-13-7-5-6-8-14(13)15(17)19/h5-8,18H,3-4,9-12H2,1-2H3. The van der Waals surface area contributed by atoms with Crippen LogP contribution in [0.2, 0.25) is 0 Å². The van der Waals surface area contributed by atoms with Crippen molar-refractivity contribution in [1.82, 2.24) is 4.90 Å². The third-order valence-electron chi connectivity index (χ3n) is 4.55. The number of carbonyl (C=O) groups excluding carboxylic acids is 1. The summed E-state index contributed by atoms with van der Waals surface area (Å²) in [5.41, 5.74) is 1.82. The molecule has 2 rings (SSSR count). The van der Waals surface area contributed by atoms with E-state index in [9.17, 15) is 9.90 Å². The first-order valence-corrected chi connectivity index (χ1v) is 7.14. The van der Waals surface area contributed by atoms with Crippen LogP contribution >= 0.6 is 0 Å². The molecule has 1 aromatic carbocycles. The van der Waals surface area contributed by atoms with E-state index in [2.05, 4.69) is 13.8 Å². The maximum atomic E-state index is 12.5. The van der Waals surface area contributed by atoms with Gasteiger partial charge >= 0.3 is 0 Å². The lowest BCUT2D eigenvalue weighted by Crippen LogP contribution is -2.46. The van der Waals surface area contributed by atoms with Crippen molar-refractivity contribution in [2.75, 3.05) is 19.7 Å². The van der Waals surface area contributed by atoms with Crippen LogP contribution in [0, 0.1) is 5.41 Å². The Morgan fingerprint density at radius 2 is 1.95 bits per heavy atom. The molecular weight excluding hydrogens is 238 g/mol. The van der Waals surface area contributed by atoms with Gasteiger partial charge in [0.25, 0.3) is 5.91 Å². The van der Waals surface area contributed by atoms with E-state index in [1.54, 1.807) is 0 Å². The molecule has 0 saturated carbocycles. The molecule has 3 heteroatoms. The van der Waals surface area contributed by atoms with Gasteiger partial charge in [0.05, 0.1) is 6.61 Å². The lowest BCUT2D eigenvalue weighted by Gasteiger charge is -2.38. The molecule has 0 unspecified atom stereocenters. The van der Waals surface area contributed by atoms with E-state index in [-0.39, 0.29) is 17.9 Å². The monoisotopic (exact) mass is 261 g/mol. The third kappa shape index (κ3) is 2.66. The van der Waals surface area contributed by atoms with E-state index in [4.69, 9.17) is 0 Å². The Labute approximate surface area is 115 Å². The lowest BCUT2D eigenvalue weighted by atomic mass is 9.82. The van der Waals surface area contributed by atoms with Crippen LogP contribution in [-0.4, -0.2) is 35.6 Å². The smallest absolute Gasteiger partial charge is 0.254 e. The van der Waals surface area contributed by atoms with Crippen LogP contribution in [-0.2, 0) is 6.42 Å². The first-order valence-electron chi connectivity index (χ1n) is 7.14. The Kier molecular flexibility index (Phi) is 4.25. The first kappa shape index (κ1) is 14.1. The molecule has 0 bridgehead atoms. The molecule has 1 aromatic rings. The van der Waals surface area contributed by atoms with Crippen molar-refractivity contribution >= 4 is 5.91 Å². The molecular formula is C16H23NO2. The Hall–Kier alpha value is -1.35. The van der Waals surface area contributed by atoms with Crippen LogP contribution in [0.15, 0.2) is 24.3 Å². The normalized spacial score (nSPS) is 15.5. The predicted octanol–water partition coefficient (Wildman–Crippen LogP) is 2.48. The molecule has 3 nitrogen and oxygen atoms in total. The molecule has 1 aliphatic heterocycles. The molecule has 19 heavy (non-hydrogen) atoms. The molecule has 0 radical (unpaired) electrons. The fourth-order valence-corrected chi connectivity index (χ4v) is 2.78. The number of benzene rings is 1. The molecule has 0 fully saturated rings. The summed E-state index contributed by atoms with van der Waals surface area (Å²) in [6.45, 7) is 5.73. The zero-order valence-corrected chi connectivity index (χ0v) is 11.9. The highest BCUT2D eigenvalue weighted by atomic mass is 16.3. The summed E-state index contributed by atoms with van der Waals surface area (Å²) in [7, 11) is 0. The predicted molar refractivity (Wildman–Crippen MR) is 76.2 cm³/mol. The highest BCUT2D eigenvalue weighted by Gasteiger charge is 2.32. The molecule has 1 N–H and O–H groups in total. The number of carbonyl (C=O) groups is 1. The van der Waals surface area contributed by atoms with Crippen molar-refractivity contribution in [1.29, 1.82) is 0 Å². The van der Waals surface area contributed by atoms with Crippen molar-refractivity contribution in [2.24, 2.45) is 5.41 Å². The van der Waals surface area contributed by atoms with Gasteiger partial charge in [-0.15, -0.1) is 0 Å². The second kappa shape index (κ2) is 5.74. The molecule has 1 aliphatic rings. The SMILES string of the molecule is CCC(CC)(CO)CN1CCc2ccccc2C1=O. The molecule has 0 aromatic heterocycles. The highest BCUT2D eigenvalue weighted by molar-refractivity contribution is 5.96. The minimum Gasteiger partial charge on any atom is -0.396 e. The van der Waals surface area contributed by atoms with Gasteiger partial charge in [0.1, 0.15) is 0 Å². The largest absolute Gasteiger partial charge is 0.396 e. The Bertz CT molecular complexity index is 444. The van der Waals surface area contributed by atoms with Crippen molar-refractivity contribution in [2.45, 2.75) is 33.1 Å². The lowest BCUT2D eigenvalue weighted by molar-refractivity contribution is 0.0460. The van der Waals surface area contributed by atoms with E-state index >= 15 is 0 Å². The van der Waals surface area contributed by atoms with Gasteiger partial charge in [-0.3, -0.25) is 4.79 Å². The van der Waals surface area contributed by atoms with Gasteiger partial charge in [0, 0.05) is 24.1 Å². The number of hydrogen-bond donors (Lipinski definition) is 1. The Morgan fingerprint density at radius 3 is 2.58 bits per heavy atom. The fraction of sp³-hybridized carbons (Fsp3) is 0.562. The van der Waals surface area contributed by atoms with Crippen molar-refractivity contribution < 1.29 is 9.90 Å². The summed E-state index contributed by atoms with van der Waals surface area (Å²) in [6, 6.07) is 7.84. The van der Waals surface area contributed by atoms with Gasteiger partial charge in [-0.1, -0.05) is 32.0 Å². The Morgan fingerprint density at radius 1 is 1.26 bits per heavy atom. The van der Waals surface area contributed by atoms with Crippen LogP contribution < -0.4 is 0 Å². The Balaban J connectivity index is 2.18. The van der Waals surface area contributed by atoms with Crippen LogP contribution in [0.5, 0.6) is 0 Å². The van der Waals surface area contributed by atoms with Gasteiger partial charge in [-0.2, -0.15) is 0 Å². The minimum atomic E-state index is -0.151. The van der Waals surface area contributed by atoms with E-state index in [0.717, 1.165) is 36.9 Å². The summed E-state index contributed by atoms with van der Waals surface area (Å²) in [5.74, 6) is 0.113. The molecule has 0 aliphatic carbocycles. The molecule has 0 spiro atoms. The molecule has 104 valence electrons. The summed E-state index contributed by atoms with van der Waals surface area (Å²) < 4.78 is 0. The zero-order valence-electron chi connectivity index (χ0n) is 11.9. The highest BCUT2D eigenvalue weighted by Crippen LogP contribution is 2.29. The number of aliphatic hydroxyl groups is 1. The maximum Gasteiger partial charge on any atom is 0.254 e. The van der Waals surface area contributed by atoms with E-state index in [0.29, 0.717) is 6.54 Å². The van der Waals surface area contributed by atoms with Gasteiger partial charge in [0.2, 0.25) is 0 Å².